The van der Waals surface area contributed by atoms with Crippen LogP contribution >= 0.6 is 0 Å². The summed E-state index contributed by atoms with van der Waals surface area (Å²) in [5, 5.41) is 76.7. The number of aliphatic carboxylic acids is 8. The van der Waals surface area contributed by atoms with E-state index in [2.05, 4.69) is 92.4 Å². The monoisotopic (exact) mass is 961 g/mol. The third-order valence-corrected chi connectivity index (χ3v) is 6.75. The zero-order valence-electron chi connectivity index (χ0n) is 36.0. The average molecular weight is 962 g/mol. The van der Waals surface area contributed by atoms with E-state index in [4.69, 9.17) is 46.1 Å². The Morgan fingerprint density at radius 3 is 1.23 bits per heavy atom. The number of aryl methyl sites for hydroxylation is 1. The van der Waals surface area contributed by atoms with Gasteiger partial charge in [0, 0.05) is 48.6 Å². The van der Waals surface area contributed by atoms with Crippen molar-refractivity contribution < 1.29 is 159 Å². The minimum Gasteiger partial charge on any atom is -0.478 e. The second kappa shape index (κ2) is 50.8. The Hall–Kier alpha value is -4.22. The Kier molecular flexibility index (Phi) is 56.5. The maximum absolute atomic E-state index is 9.55. The number of nitrogens with zero attached hydrogens (tertiary/aromatic N) is 1. The molecule has 0 spiro atoms. The van der Waals surface area contributed by atoms with Gasteiger partial charge in [-0.1, -0.05) is 66.6 Å². The zero-order chi connectivity index (χ0) is 47.6. The first kappa shape index (κ1) is 72.4. The first-order chi connectivity index (χ1) is 29.3. The molecule has 0 radical (unpaired) electrons. The van der Waals surface area contributed by atoms with E-state index in [1.807, 2.05) is 0 Å². The molecule has 0 aromatic heterocycles. The van der Waals surface area contributed by atoms with Crippen LogP contribution in [0.5, 0.6) is 0 Å². The second-order valence-electron chi connectivity index (χ2n) is 11.3. The van der Waals surface area contributed by atoms with Gasteiger partial charge in [-0.15, -0.1) is 5.92 Å². The van der Waals surface area contributed by atoms with Gasteiger partial charge < -0.3 is 45.8 Å². The minimum atomic E-state index is -1.26. The molecule has 0 amide bonds. The minimum absolute atomic E-state index is 0. The SMILES string of the molecule is CC#CCOOOO.O=C(O)/C=C\C(=O)O.O=C(O)/C=C\C(=O)O.O=C(O)/C=C\C(=O)O.O=C(O)/C=C\C(=O)O.[Ca+2].[Na+].[Na+].c1ccc(CCCCN2CCC(c3ccccc3)CC2)cc1. The van der Waals surface area contributed by atoms with Crippen molar-refractivity contribution in [2.75, 3.05) is 26.2 Å². The Balaban J connectivity index is -0.000000173. The molecular formula is C41H49CaNNa2O20+4. The van der Waals surface area contributed by atoms with E-state index in [0.717, 1.165) is 5.92 Å². The third-order valence-electron chi connectivity index (χ3n) is 6.75. The van der Waals surface area contributed by atoms with Crippen LogP contribution in [0.3, 0.4) is 0 Å². The maximum Gasteiger partial charge on any atom is 2.00 e. The average Bonchev–Trinajstić information content (AvgIpc) is 3.23. The molecule has 0 atom stereocenters. The Bertz CT molecular complexity index is 1620. The van der Waals surface area contributed by atoms with Crippen LogP contribution in [-0.2, 0) is 59.7 Å². The summed E-state index contributed by atoms with van der Waals surface area (Å²) in [7, 11) is 0. The molecule has 21 nitrogen and oxygen atoms in total. The molecule has 1 fully saturated rings. The number of carboxylic acids is 8. The van der Waals surface area contributed by atoms with Gasteiger partial charge in [0.1, 0.15) is 6.61 Å². The Morgan fingerprint density at radius 2 is 0.923 bits per heavy atom. The number of carbonyl (C=O) groups is 8. The summed E-state index contributed by atoms with van der Waals surface area (Å²) in [5.41, 5.74) is 3.01. The maximum atomic E-state index is 9.55. The van der Waals surface area contributed by atoms with E-state index in [0.29, 0.717) is 48.6 Å². The van der Waals surface area contributed by atoms with Gasteiger partial charge in [-0.2, -0.15) is 4.89 Å². The van der Waals surface area contributed by atoms with Gasteiger partial charge in [0.15, 0.2) is 0 Å². The van der Waals surface area contributed by atoms with Crippen molar-refractivity contribution in [1.82, 2.24) is 4.90 Å². The predicted molar refractivity (Wildman–Crippen MR) is 222 cm³/mol. The van der Waals surface area contributed by atoms with E-state index in [9.17, 15) is 38.4 Å². The molecule has 0 unspecified atom stereocenters. The van der Waals surface area contributed by atoms with Crippen molar-refractivity contribution in [3.8, 4) is 11.8 Å². The molecule has 0 aliphatic carbocycles. The number of carboxylic acid groups (broad SMARTS) is 8. The summed E-state index contributed by atoms with van der Waals surface area (Å²) < 4.78 is 0. The van der Waals surface area contributed by atoms with Gasteiger partial charge in [0.05, 0.1) is 0 Å². The molecule has 3 rings (SSSR count). The number of piperidine rings is 1. The van der Waals surface area contributed by atoms with Gasteiger partial charge in [0.2, 0.25) is 0 Å². The van der Waals surface area contributed by atoms with Crippen LogP contribution in [0.15, 0.2) is 109 Å². The van der Waals surface area contributed by atoms with Crippen LogP contribution in [0.2, 0.25) is 0 Å². The quantitative estimate of drug-likeness (QED) is 0.0201. The first-order valence-corrected chi connectivity index (χ1v) is 17.7. The number of likely N-dealkylation sites (tertiary alicyclic amines) is 1. The second-order valence-corrected chi connectivity index (χ2v) is 11.3. The topological polar surface area (TPSA) is 350 Å². The molecule has 1 aliphatic rings. The van der Waals surface area contributed by atoms with Crippen LogP contribution in [0.1, 0.15) is 49.7 Å². The molecule has 24 heteroatoms. The van der Waals surface area contributed by atoms with E-state index in [1.54, 1.807) is 6.92 Å². The number of hydrogen-bond donors (Lipinski definition) is 9. The van der Waals surface area contributed by atoms with E-state index < -0.39 is 47.8 Å². The van der Waals surface area contributed by atoms with E-state index in [1.165, 1.54) is 62.9 Å². The van der Waals surface area contributed by atoms with Gasteiger partial charge in [0.25, 0.3) is 0 Å². The summed E-state index contributed by atoms with van der Waals surface area (Å²) in [6, 6.07) is 21.9. The van der Waals surface area contributed by atoms with Crippen LogP contribution < -0.4 is 59.1 Å². The molecule has 2 aromatic carbocycles. The Labute approximate surface area is 448 Å². The van der Waals surface area contributed by atoms with Crippen LogP contribution in [0, 0.1) is 11.8 Å². The van der Waals surface area contributed by atoms with Crippen molar-refractivity contribution >= 4 is 85.5 Å². The van der Waals surface area contributed by atoms with E-state index in [-0.39, 0.29) is 103 Å². The number of unbranched alkanes of at least 4 members (excludes halogenated alkanes) is 1. The predicted octanol–water partition coefficient (Wildman–Crippen LogP) is -2.27. The molecule has 338 valence electrons. The molecule has 0 saturated carbocycles. The molecule has 65 heavy (non-hydrogen) atoms. The molecule has 0 bridgehead atoms. The van der Waals surface area contributed by atoms with Gasteiger partial charge in [-0.05, 0) is 85.8 Å². The summed E-state index contributed by atoms with van der Waals surface area (Å²) in [4.78, 5) is 83.2. The molecule has 9 N–H and O–H groups in total. The van der Waals surface area contributed by atoms with Crippen molar-refractivity contribution in [3.63, 3.8) is 0 Å². The molecule has 1 heterocycles. The molecule has 1 aliphatic heterocycles. The van der Waals surface area contributed by atoms with Gasteiger partial charge >= 0.3 is 145 Å². The smallest absolute Gasteiger partial charge is 0.478 e. The van der Waals surface area contributed by atoms with Crippen molar-refractivity contribution in [3.05, 3.63) is 120 Å². The number of hydrogen-bond acceptors (Lipinski definition) is 13. The summed E-state index contributed by atoms with van der Waals surface area (Å²) in [6.07, 6.45) is 11.0. The fourth-order valence-corrected chi connectivity index (χ4v) is 4.24. The largest absolute Gasteiger partial charge is 2.00 e. The van der Waals surface area contributed by atoms with Crippen LogP contribution in [0.4, 0.5) is 0 Å². The fraction of sp³-hybridized carbons (Fsp3) is 0.268. The number of benzene rings is 2. The summed E-state index contributed by atoms with van der Waals surface area (Å²) in [6.45, 7) is 5.55. The normalized spacial score (nSPS) is 11.3. The fourth-order valence-electron chi connectivity index (χ4n) is 4.24. The van der Waals surface area contributed by atoms with Gasteiger partial charge in [-0.3, -0.25) is 0 Å². The summed E-state index contributed by atoms with van der Waals surface area (Å²) >= 11 is 0. The standard InChI is InChI=1S/C21H27N.C4H6O4.4C4H4O4.Ca.2Na/c1-3-9-19(10-4-1)11-7-8-16-22-17-14-21(15-18-22)20-12-5-2-6-13-20;1-2-3-4-6-8-7-5;4*5-3(6)1-2-4(7)8;;;/h1-6,9-10,12-13,21H,7-8,11,14-18H2;5H,4H2,1H3;4*1-2H,(H,5,6)(H,7,8);;;/q;;;;;;+2;2*+1/b;;4*2-1-;;;. The molecular weight excluding hydrogens is 912 g/mol. The molecule has 1 saturated heterocycles. The Morgan fingerprint density at radius 1 is 0.585 bits per heavy atom. The van der Waals surface area contributed by atoms with Crippen molar-refractivity contribution in [2.24, 2.45) is 0 Å². The van der Waals surface area contributed by atoms with Crippen molar-refractivity contribution in [1.29, 1.82) is 0 Å². The van der Waals surface area contributed by atoms with E-state index >= 15 is 0 Å². The van der Waals surface area contributed by atoms with Crippen LogP contribution in [0.25, 0.3) is 0 Å². The van der Waals surface area contributed by atoms with Crippen molar-refractivity contribution in [2.45, 2.75) is 44.9 Å². The summed E-state index contributed by atoms with van der Waals surface area (Å²) in [5.74, 6) is -4.25. The number of rotatable bonds is 17. The van der Waals surface area contributed by atoms with Gasteiger partial charge in [-0.25, -0.2) is 43.6 Å². The first-order valence-electron chi connectivity index (χ1n) is 17.7. The van der Waals surface area contributed by atoms with Crippen LogP contribution in [-0.4, -0.2) is 163 Å². The molecule has 2 aromatic rings. The third kappa shape index (κ3) is 59.8. The zero-order valence-corrected chi connectivity index (χ0v) is 42.2.